The molecular formula is C27H28ClF2N7O4. The number of amides is 1. The summed E-state index contributed by atoms with van der Waals surface area (Å²) in [7, 11) is 1.79. The summed E-state index contributed by atoms with van der Waals surface area (Å²) < 4.78 is 42.6. The monoisotopic (exact) mass is 587 g/mol. The Morgan fingerprint density at radius 1 is 1.10 bits per heavy atom. The minimum absolute atomic E-state index is 0.0383. The molecule has 5 rings (SSSR count). The first kappa shape index (κ1) is 28.3. The van der Waals surface area contributed by atoms with Crippen LogP contribution in [0.15, 0.2) is 53.1 Å². The van der Waals surface area contributed by atoms with Crippen LogP contribution in [0, 0.1) is 0 Å². The summed E-state index contributed by atoms with van der Waals surface area (Å²) in [4.78, 5) is 21.1. The van der Waals surface area contributed by atoms with E-state index < -0.39 is 24.3 Å². The summed E-state index contributed by atoms with van der Waals surface area (Å²) in [6, 6.07) is 12.6. The van der Waals surface area contributed by atoms with Crippen molar-refractivity contribution in [3.05, 3.63) is 59.4 Å². The molecule has 0 radical (unpaired) electrons. The lowest BCUT2D eigenvalue weighted by Crippen LogP contribution is -2.52. The predicted molar refractivity (Wildman–Crippen MR) is 146 cm³/mol. The number of ether oxygens (including phenoxy) is 2. The average molecular weight is 588 g/mol. The average Bonchev–Trinajstić information content (AvgIpc) is 3.55. The van der Waals surface area contributed by atoms with Crippen molar-refractivity contribution < 1.29 is 27.6 Å². The number of nitrogens with zero attached hydrogens (tertiary/aromatic N) is 7. The van der Waals surface area contributed by atoms with Crippen molar-refractivity contribution in [2.75, 3.05) is 24.5 Å². The zero-order valence-electron chi connectivity index (χ0n) is 22.8. The van der Waals surface area contributed by atoms with Crippen molar-refractivity contribution in [3.8, 4) is 28.5 Å². The van der Waals surface area contributed by atoms with Crippen molar-refractivity contribution in [2.24, 2.45) is 7.05 Å². The summed E-state index contributed by atoms with van der Waals surface area (Å²) in [5.74, 6) is 1.65. The SMILES string of the molecule is Cn1c(-c2ccc(OC(F)F)cc2)nnc1N1CCN(C(=O)OC(C)(C)C)CC1c1nc(-c2cccc(Cl)c2)no1. The molecule has 41 heavy (non-hydrogen) atoms. The molecule has 0 saturated carbocycles. The third-order valence-corrected chi connectivity index (χ3v) is 6.52. The molecule has 0 spiro atoms. The van der Waals surface area contributed by atoms with Gasteiger partial charge in [0, 0.05) is 36.3 Å². The molecule has 2 aromatic carbocycles. The fourth-order valence-electron chi connectivity index (χ4n) is 4.45. The van der Waals surface area contributed by atoms with Crippen molar-refractivity contribution >= 4 is 23.6 Å². The Labute approximate surface area is 239 Å². The first-order valence-electron chi connectivity index (χ1n) is 12.8. The highest BCUT2D eigenvalue weighted by molar-refractivity contribution is 6.30. The van der Waals surface area contributed by atoms with Gasteiger partial charge < -0.3 is 23.8 Å². The molecule has 1 aliphatic rings. The number of piperazine rings is 1. The van der Waals surface area contributed by atoms with Crippen molar-refractivity contribution in [1.82, 2.24) is 29.8 Å². The van der Waals surface area contributed by atoms with Gasteiger partial charge in [0.05, 0.1) is 6.54 Å². The van der Waals surface area contributed by atoms with Crippen LogP contribution in [0.25, 0.3) is 22.8 Å². The van der Waals surface area contributed by atoms with Gasteiger partial charge in [-0.15, -0.1) is 10.2 Å². The lowest BCUT2D eigenvalue weighted by atomic mass is 10.1. The molecule has 0 bridgehead atoms. The molecule has 4 aromatic rings. The Hall–Kier alpha value is -4.26. The Morgan fingerprint density at radius 2 is 1.85 bits per heavy atom. The van der Waals surface area contributed by atoms with Gasteiger partial charge in [0.1, 0.15) is 17.4 Å². The van der Waals surface area contributed by atoms with E-state index in [2.05, 4.69) is 25.1 Å². The second kappa shape index (κ2) is 11.3. The highest BCUT2D eigenvalue weighted by Gasteiger charge is 2.38. The van der Waals surface area contributed by atoms with Crippen LogP contribution in [0.2, 0.25) is 5.02 Å². The Morgan fingerprint density at radius 3 is 2.54 bits per heavy atom. The van der Waals surface area contributed by atoms with Gasteiger partial charge in [-0.3, -0.25) is 4.57 Å². The summed E-state index contributed by atoms with van der Waals surface area (Å²) in [6.45, 7) is 3.41. The topological polar surface area (TPSA) is 112 Å². The molecule has 11 nitrogen and oxygen atoms in total. The zero-order valence-corrected chi connectivity index (χ0v) is 23.5. The number of aromatic nitrogens is 5. The highest BCUT2D eigenvalue weighted by atomic mass is 35.5. The van der Waals surface area contributed by atoms with Gasteiger partial charge in [-0.2, -0.15) is 13.8 Å². The van der Waals surface area contributed by atoms with Crippen molar-refractivity contribution in [3.63, 3.8) is 0 Å². The number of carbonyl (C=O) groups excluding carboxylic acids is 1. The number of rotatable bonds is 6. The Bertz CT molecular complexity index is 1520. The number of alkyl halides is 2. The van der Waals surface area contributed by atoms with Gasteiger partial charge in [-0.25, -0.2) is 4.79 Å². The summed E-state index contributed by atoms with van der Waals surface area (Å²) in [5, 5.41) is 13.4. The van der Waals surface area contributed by atoms with Crippen LogP contribution < -0.4 is 9.64 Å². The van der Waals surface area contributed by atoms with Gasteiger partial charge in [0.2, 0.25) is 11.8 Å². The molecule has 1 unspecified atom stereocenters. The fourth-order valence-corrected chi connectivity index (χ4v) is 4.64. The molecule has 0 aliphatic carbocycles. The van der Waals surface area contributed by atoms with E-state index in [1.54, 1.807) is 67.6 Å². The number of hydrogen-bond donors (Lipinski definition) is 0. The van der Waals surface area contributed by atoms with E-state index in [-0.39, 0.29) is 18.2 Å². The minimum Gasteiger partial charge on any atom is -0.444 e. The van der Waals surface area contributed by atoms with Gasteiger partial charge in [0.25, 0.3) is 5.89 Å². The number of anilines is 1. The number of halogens is 3. The van der Waals surface area contributed by atoms with Crippen molar-refractivity contribution in [2.45, 2.75) is 39.0 Å². The van der Waals surface area contributed by atoms with E-state index in [0.717, 1.165) is 0 Å². The van der Waals surface area contributed by atoms with Gasteiger partial charge in [0.15, 0.2) is 5.82 Å². The summed E-state index contributed by atoms with van der Waals surface area (Å²) >= 11 is 6.15. The van der Waals surface area contributed by atoms with Crippen LogP contribution in [0.3, 0.4) is 0 Å². The predicted octanol–water partition coefficient (Wildman–Crippen LogP) is 5.59. The molecular weight excluding hydrogens is 560 g/mol. The first-order chi connectivity index (χ1) is 19.5. The Balaban J connectivity index is 1.46. The molecule has 1 saturated heterocycles. The molecule has 3 heterocycles. The molecule has 1 amide bonds. The minimum atomic E-state index is -2.91. The lowest BCUT2D eigenvalue weighted by Gasteiger charge is -2.40. The standard InChI is InChI=1S/C27H28ClF2N7O4/c1-27(2,3)40-26(38)36-12-13-37(20(15-36)23-31-21(34-41-23)17-6-5-7-18(28)14-17)25-33-32-22(35(25)4)16-8-10-19(11-9-16)39-24(29)30/h5-11,14,20,24H,12-13,15H2,1-4H3. The Kier molecular flexibility index (Phi) is 7.80. The second-order valence-corrected chi connectivity index (χ2v) is 10.8. The number of carbonyl (C=O) groups is 1. The maximum absolute atomic E-state index is 13.0. The molecule has 14 heteroatoms. The van der Waals surface area contributed by atoms with E-state index in [1.807, 2.05) is 11.0 Å². The molecule has 1 atom stereocenters. The van der Waals surface area contributed by atoms with Crippen LogP contribution in [0.5, 0.6) is 5.75 Å². The first-order valence-corrected chi connectivity index (χ1v) is 13.1. The smallest absolute Gasteiger partial charge is 0.410 e. The van der Waals surface area contributed by atoms with Gasteiger partial charge >= 0.3 is 12.7 Å². The van der Waals surface area contributed by atoms with E-state index in [1.165, 1.54) is 12.1 Å². The van der Waals surface area contributed by atoms with E-state index in [9.17, 15) is 13.6 Å². The number of hydrogen-bond acceptors (Lipinski definition) is 9. The second-order valence-electron chi connectivity index (χ2n) is 10.4. The van der Waals surface area contributed by atoms with E-state index in [4.69, 9.17) is 20.9 Å². The van der Waals surface area contributed by atoms with Gasteiger partial charge in [-0.1, -0.05) is 28.9 Å². The van der Waals surface area contributed by atoms with E-state index >= 15 is 0 Å². The lowest BCUT2D eigenvalue weighted by molar-refractivity contribution is -0.0498. The molecule has 1 aliphatic heterocycles. The summed E-state index contributed by atoms with van der Waals surface area (Å²) in [6.07, 6.45) is -0.457. The van der Waals surface area contributed by atoms with Crippen LogP contribution in [-0.2, 0) is 11.8 Å². The molecule has 1 fully saturated rings. The van der Waals surface area contributed by atoms with Gasteiger partial charge in [-0.05, 0) is 57.2 Å². The fraction of sp³-hybridized carbons (Fsp3) is 0.370. The summed E-state index contributed by atoms with van der Waals surface area (Å²) in [5.41, 5.74) is 0.666. The van der Waals surface area contributed by atoms with Crippen LogP contribution in [0.1, 0.15) is 32.7 Å². The third kappa shape index (κ3) is 6.40. The van der Waals surface area contributed by atoms with Crippen LogP contribution >= 0.6 is 11.6 Å². The van der Waals surface area contributed by atoms with Crippen LogP contribution in [-0.4, -0.2) is 67.7 Å². The third-order valence-electron chi connectivity index (χ3n) is 6.29. The van der Waals surface area contributed by atoms with Crippen LogP contribution in [0.4, 0.5) is 19.5 Å². The van der Waals surface area contributed by atoms with Crippen molar-refractivity contribution in [1.29, 1.82) is 0 Å². The maximum atomic E-state index is 13.0. The molecule has 2 aromatic heterocycles. The normalized spacial score (nSPS) is 15.9. The largest absolute Gasteiger partial charge is 0.444 e. The molecule has 0 N–H and O–H groups in total. The quantitative estimate of drug-likeness (QED) is 0.285. The number of benzene rings is 2. The van der Waals surface area contributed by atoms with E-state index in [0.29, 0.717) is 46.8 Å². The zero-order chi connectivity index (χ0) is 29.3. The maximum Gasteiger partial charge on any atom is 0.410 e. The highest BCUT2D eigenvalue weighted by Crippen LogP contribution is 2.33. The molecule has 216 valence electrons.